The van der Waals surface area contributed by atoms with Crippen LogP contribution in [0.1, 0.15) is 33.2 Å². The minimum absolute atomic E-state index is 0.279. The van der Waals surface area contributed by atoms with Gasteiger partial charge in [-0.3, -0.25) is 4.79 Å². The normalized spacial score (nSPS) is 10.7. The highest BCUT2D eigenvalue weighted by molar-refractivity contribution is 14.1. The van der Waals surface area contributed by atoms with E-state index in [9.17, 15) is 9.59 Å². The van der Waals surface area contributed by atoms with E-state index < -0.39 is 5.97 Å². The largest absolute Gasteiger partial charge is 0.490 e. The number of ether oxygens (including phenoxy) is 2. The lowest BCUT2D eigenvalue weighted by atomic mass is 10.2. The fourth-order valence-electron chi connectivity index (χ4n) is 2.56. The highest BCUT2D eigenvalue weighted by Gasteiger charge is 2.13. The summed E-state index contributed by atoms with van der Waals surface area (Å²) in [6.07, 6.45) is 1.49. The Bertz CT molecular complexity index is 1120. The monoisotopic (exact) mass is 548 g/mol. The summed E-state index contributed by atoms with van der Waals surface area (Å²) in [5.41, 5.74) is 4.04. The van der Waals surface area contributed by atoms with Crippen LogP contribution in [-0.4, -0.2) is 24.7 Å². The smallest absolute Gasteiger partial charge is 0.343 e. The second-order valence-corrected chi connectivity index (χ2v) is 7.93. The number of hydrogen-bond acceptors (Lipinski definition) is 5. The number of amides is 1. The predicted molar refractivity (Wildman–Crippen MR) is 128 cm³/mol. The molecule has 3 aromatic carbocycles. The van der Waals surface area contributed by atoms with Gasteiger partial charge in [-0.25, -0.2) is 10.2 Å². The first-order valence-electron chi connectivity index (χ1n) is 9.30. The number of nitrogens with one attached hydrogen (secondary N) is 1. The van der Waals surface area contributed by atoms with Crippen LogP contribution in [0.25, 0.3) is 0 Å². The fraction of sp³-hybridized carbons (Fsp3) is 0.0870. The Balaban J connectivity index is 1.70. The number of benzene rings is 3. The van der Waals surface area contributed by atoms with Crippen molar-refractivity contribution in [2.75, 3.05) is 6.61 Å². The molecule has 0 bridgehead atoms. The molecule has 0 aliphatic rings. The topological polar surface area (TPSA) is 77.0 Å². The zero-order chi connectivity index (χ0) is 22.2. The summed E-state index contributed by atoms with van der Waals surface area (Å²) in [7, 11) is 0. The van der Waals surface area contributed by atoms with Crippen LogP contribution in [0.3, 0.4) is 0 Å². The Labute approximate surface area is 198 Å². The van der Waals surface area contributed by atoms with Crippen molar-refractivity contribution in [1.29, 1.82) is 0 Å². The van der Waals surface area contributed by atoms with Crippen molar-refractivity contribution in [2.45, 2.75) is 6.92 Å². The van der Waals surface area contributed by atoms with E-state index in [1.807, 2.05) is 13.0 Å². The van der Waals surface area contributed by atoms with Crippen LogP contribution in [0.2, 0.25) is 5.02 Å². The number of esters is 1. The molecule has 158 valence electrons. The van der Waals surface area contributed by atoms with Gasteiger partial charge in [-0.1, -0.05) is 17.7 Å². The molecule has 0 heterocycles. The Morgan fingerprint density at radius 2 is 1.81 bits per heavy atom. The third kappa shape index (κ3) is 6.53. The molecule has 3 aromatic rings. The third-order valence-electron chi connectivity index (χ3n) is 4.02. The minimum atomic E-state index is -0.524. The van der Waals surface area contributed by atoms with Crippen LogP contribution in [-0.2, 0) is 0 Å². The first-order valence-corrected chi connectivity index (χ1v) is 10.8. The van der Waals surface area contributed by atoms with Crippen LogP contribution < -0.4 is 14.9 Å². The fourth-order valence-corrected chi connectivity index (χ4v) is 3.23. The molecule has 0 saturated carbocycles. The Morgan fingerprint density at radius 1 is 1.03 bits per heavy atom. The van der Waals surface area contributed by atoms with E-state index in [2.05, 4.69) is 33.1 Å². The summed E-state index contributed by atoms with van der Waals surface area (Å²) in [6, 6.07) is 18.6. The maximum absolute atomic E-state index is 12.4. The molecular weight excluding hydrogens is 531 g/mol. The summed E-state index contributed by atoms with van der Waals surface area (Å²) < 4.78 is 12.0. The van der Waals surface area contributed by atoms with Crippen molar-refractivity contribution in [3.8, 4) is 11.5 Å². The standard InChI is InChI=1S/C23H18ClIN2O4/c1-2-30-21-12-15(14-26-27-22(28)17-4-3-5-19(25)13-17)6-11-20(21)31-23(29)16-7-9-18(24)10-8-16/h3-14H,2H2,1H3,(H,27,28)/b26-14-. The van der Waals surface area contributed by atoms with Gasteiger partial charge in [-0.05, 0) is 95.7 Å². The zero-order valence-corrected chi connectivity index (χ0v) is 19.4. The molecule has 0 unspecified atom stereocenters. The molecule has 8 heteroatoms. The quantitative estimate of drug-likeness (QED) is 0.142. The van der Waals surface area contributed by atoms with Gasteiger partial charge >= 0.3 is 5.97 Å². The van der Waals surface area contributed by atoms with Gasteiger partial charge in [0.05, 0.1) is 18.4 Å². The number of halogens is 2. The van der Waals surface area contributed by atoms with E-state index in [1.54, 1.807) is 60.7 Å². The lowest BCUT2D eigenvalue weighted by Gasteiger charge is -2.11. The second kappa shape index (κ2) is 10.9. The Morgan fingerprint density at radius 3 is 2.52 bits per heavy atom. The van der Waals surface area contributed by atoms with E-state index in [0.717, 1.165) is 3.57 Å². The van der Waals surface area contributed by atoms with Crippen molar-refractivity contribution >= 4 is 52.3 Å². The maximum atomic E-state index is 12.4. The van der Waals surface area contributed by atoms with Crippen molar-refractivity contribution < 1.29 is 19.1 Å². The van der Waals surface area contributed by atoms with E-state index in [1.165, 1.54) is 6.21 Å². The number of hydrazone groups is 1. The summed E-state index contributed by atoms with van der Waals surface area (Å²) in [6.45, 7) is 2.21. The molecular formula is C23H18ClIN2O4. The van der Waals surface area contributed by atoms with E-state index in [0.29, 0.717) is 34.1 Å². The van der Waals surface area contributed by atoms with Gasteiger partial charge in [0.2, 0.25) is 0 Å². The maximum Gasteiger partial charge on any atom is 0.343 e. The van der Waals surface area contributed by atoms with Crippen molar-refractivity contribution in [3.05, 3.63) is 92.0 Å². The first-order chi connectivity index (χ1) is 15.0. The third-order valence-corrected chi connectivity index (χ3v) is 4.94. The molecule has 0 aromatic heterocycles. The van der Waals surface area contributed by atoms with Crippen molar-refractivity contribution in [1.82, 2.24) is 5.43 Å². The molecule has 6 nitrogen and oxygen atoms in total. The molecule has 0 aliphatic heterocycles. The average molecular weight is 549 g/mol. The lowest BCUT2D eigenvalue weighted by Crippen LogP contribution is -2.17. The Kier molecular flexibility index (Phi) is 8.02. The van der Waals surface area contributed by atoms with E-state index >= 15 is 0 Å². The van der Waals surface area contributed by atoms with Crippen LogP contribution in [0, 0.1) is 3.57 Å². The molecule has 0 aliphatic carbocycles. The number of nitrogens with zero attached hydrogens (tertiary/aromatic N) is 1. The van der Waals surface area contributed by atoms with Crippen LogP contribution >= 0.6 is 34.2 Å². The zero-order valence-electron chi connectivity index (χ0n) is 16.5. The number of rotatable bonds is 7. The molecule has 31 heavy (non-hydrogen) atoms. The molecule has 0 fully saturated rings. The predicted octanol–water partition coefficient (Wildman–Crippen LogP) is 5.33. The van der Waals surface area contributed by atoms with Gasteiger partial charge in [0.25, 0.3) is 5.91 Å². The van der Waals surface area contributed by atoms with E-state index in [-0.39, 0.29) is 11.7 Å². The summed E-state index contributed by atoms with van der Waals surface area (Å²) in [5, 5.41) is 4.52. The van der Waals surface area contributed by atoms with Gasteiger partial charge in [-0.2, -0.15) is 5.10 Å². The van der Waals surface area contributed by atoms with Crippen molar-refractivity contribution in [3.63, 3.8) is 0 Å². The lowest BCUT2D eigenvalue weighted by molar-refractivity contribution is 0.0728. The molecule has 1 amide bonds. The molecule has 1 N–H and O–H groups in total. The van der Waals surface area contributed by atoms with Crippen LogP contribution in [0.4, 0.5) is 0 Å². The molecule has 0 radical (unpaired) electrons. The number of hydrogen-bond donors (Lipinski definition) is 1. The minimum Gasteiger partial charge on any atom is -0.490 e. The molecule has 0 atom stereocenters. The van der Waals surface area contributed by atoms with Gasteiger partial charge in [-0.15, -0.1) is 0 Å². The van der Waals surface area contributed by atoms with Gasteiger partial charge in [0.15, 0.2) is 11.5 Å². The summed E-state index contributed by atoms with van der Waals surface area (Å²) in [5.74, 6) is -0.170. The summed E-state index contributed by atoms with van der Waals surface area (Å²) in [4.78, 5) is 24.5. The first kappa shape index (κ1) is 22.8. The highest BCUT2D eigenvalue weighted by atomic mass is 127. The van der Waals surface area contributed by atoms with E-state index in [4.69, 9.17) is 21.1 Å². The van der Waals surface area contributed by atoms with Crippen LogP contribution in [0.15, 0.2) is 71.8 Å². The number of carbonyl (C=O) groups excluding carboxylic acids is 2. The van der Waals surface area contributed by atoms with Gasteiger partial charge in [0, 0.05) is 14.2 Å². The van der Waals surface area contributed by atoms with Crippen molar-refractivity contribution in [2.24, 2.45) is 5.10 Å². The second-order valence-electron chi connectivity index (χ2n) is 6.25. The molecule has 0 saturated heterocycles. The molecule has 0 spiro atoms. The summed E-state index contributed by atoms with van der Waals surface area (Å²) >= 11 is 7.99. The van der Waals surface area contributed by atoms with Crippen LogP contribution in [0.5, 0.6) is 11.5 Å². The number of carbonyl (C=O) groups is 2. The highest BCUT2D eigenvalue weighted by Crippen LogP contribution is 2.29. The average Bonchev–Trinajstić information content (AvgIpc) is 2.76. The van der Waals surface area contributed by atoms with Gasteiger partial charge in [0.1, 0.15) is 0 Å². The Hall–Kier alpha value is -2.91. The molecule has 3 rings (SSSR count). The van der Waals surface area contributed by atoms with Gasteiger partial charge < -0.3 is 9.47 Å². The SMILES string of the molecule is CCOc1cc(/C=N\NC(=O)c2cccc(I)c2)ccc1OC(=O)c1ccc(Cl)cc1.